The average molecular weight is 344 g/mol. The number of aromatic amines is 1. The van der Waals surface area contributed by atoms with E-state index in [1.165, 1.54) is 0 Å². The standard InChI is InChI=1S/C11H18BrN5OSi/c1-19(2,3)7-6-18-8-17-11(14-15-16-17)10-9(12)4-5-13-10/h4-5,13H,6-8H2,1-3H3. The summed E-state index contributed by atoms with van der Waals surface area (Å²) in [5, 5.41) is 11.7. The van der Waals surface area contributed by atoms with Crippen LogP contribution in [0.2, 0.25) is 25.7 Å². The molecule has 0 aliphatic rings. The molecule has 0 spiro atoms. The summed E-state index contributed by atoms with van der Waals surface area (Å²) in [6.07, 6.45) is 1.84. The third kappa shape index (κ3) is 3.98. The van der Waals surface area contributed by atoms with Crippen LogP contribution in [-0.4, -0.2) is 39.9 Å². The van der Waals surface area contributed by atoms with Crippen LogP contribution in [0.3, 0.4) is 0 Å². The molecule has 0 bridgehead atoms. The van der Waals surface area contributed by atoms with Crippen LogP contribution in [0.15, 0.2) is 16.7 Å². The minimum atomic E-state index is -1.05. The van der Waals surface area contributed by atoms with Gasteiger partial charge in [0.1, 0.15) is 6.73 Å². The molecule has 2 rings (SSSR count). The first-order valence-corrected chi connectivity index (χ1v) is 10.6. The average Bonchev–Trinajstić information content (AvgIpc) is 2.91. The summed E-state index contributed by atoms with van der Waals surface area (Å²) in [4.78, 5) is 3.10. The largest absolute Gasteiger partial charge is 0.359 e. The smallest absolute Gasteiger partial charge is 0.201 e. The van der Waals surface area contributed by atoms with Crippen LogP contribution < -0.4 is 0 Å². The Balaban J connectivity index is 1.96. The predicted molar refractivity (Wildman–Crippen MR) is 79.4 cm³/mol. The topological polar surface area (TPSA) is 68.6 Å². The highest BCUT2D eigenvalue weighted by Crippen LogP contribution is 2.24. The molecule has 6 nitrogen and oxygen atoms in total. The van der Waals surface area contributed by atoms with Crippen molar-refractivity contribution in [3.8, 4) is 11.5 Å². The van der Waals surface area contributed by atoms with Crippen LogP contribution in [0.4, 0.5) is 0 Å². The summed E-state index contributed by atoms with van der Waals surface area (Å²) in [5.41, 5.74) is 0.860. The highest BCUT2D eigenvalue weighted by Gasteiger charge is 2.15. The Labute approximate surface area is 121 Å². The summed E-state index contributed by atoms with van der Waals surface area (Å²) in [5.74, 6) is 0.671. The second-order valence-corrected chi connectivity index (χ2v) is 12.0. The molecule has 1 N–H and O–H groups in total. The summed E-state index contributed by atoms with van der Waals surface area (Å²) in [6, 6.07) is 3.05. The van der Waals surface area contributed by atoms with Gasteiger partial charge in [-0.25, -0.2) is 0 Å². The van der Waals surface area contributed by atoms with E-state index >= 15 is 0 Å². The molecule has 2 heterocycles. The highest BCUT2D eigenvalue weighted by molar-refractivity contribution is 9.10. The quantitative estimate of drug-likeness (QED) is 0.646. The van der Waals surface area contributed by atoms with Crippen molar-refractivity contribution in [2.75, 3.05) is 6.61 Å². The van der Waals surface area contributed by atoms with Crippen molar-refractivity contribution in [1.82, 2.24) is 25.2 Å². The third-order valence-electron chi connectivity index (χ3n) is 2.66. The lowest BCUT2D eigenvalue weighted by atomic mass is 10.4. The van der Waals surface area contributed by atoms with Crippen LogP contribution in [0.1, 0.15) is 0 Å². The van der Waals surface area contributed by atoms with Gasteiger partial charge in [-0.3, -0.25) is 0 Å². The molecule has 0 aliphatic heterocycles. The monoisotopic (exact) mass is 343 g/mol. The molecule has 0 saturated carbocycles. The molecule has 0 saturated heterocycles. The number of aromatic nitrogens is 5. The maximum absolute atomic E-state index is 5.66. The fraction of sp³-hybridized carbons (Fsp3) is 0.545. The molecule has 0 fully saturated rings. The number of nitrogens with one attached hydrogen (secondary N) is 1. The fourth-order valence-corrected chi connectivity index (χ4v) is 2.70. The molecule has 0 radical (unpaired) electrons. The summed E-state index contributed by atoms with van der Waals surface area (Å²) >= 11 is 3.45. The second kappa shape index (κ2) is 5.97. The summed E-state index contributed by atoms with van der Waals surface area (Å²) < 4.78 is 8.25. The number of hydrogen-bond donors (Lipinski definition) is 1. The van der Waals surface area contributed by atoms with E-state index in [0.717, 1.165) is 22.8 Å². The number of tetrazole rings is 1. The van der Waals surface area contributed by atoms with Gasteiger partial charge in [0.25, 0.3) is 0 Å². The van der Waals surface area contributed by atoms with E-state index < -0.39 is 8.07 Å². The SMILES string of the molecule is C[Si](C)(C)CCOCn1nnnc1-c1[nH]ccc1Br. The third-order valence-corrected chi connectivity index (χ3v) is 5.03. The highest BCUT2D eigenvalue weighted by atomic mass is 79.9. The maximum Gasteiger partial charge on any atom is 0.201 e. The van der Waals surface area contributed by atoms with E-state index in [4.69, 9.17) is 4.74 Å². The maximum atomic E-state index is 5.66. The Bertz CT molecular complexity index is 533. The molecule has 0 aromatic carbocycles. The van der Waals surface area contributed by atoms with Crippen molar-refractivity contribution < 1.29 is 4.74 Å². The van der Waals surface area contributed by atoms with Gasteiger partial charge in [0, 0.05) is 25.4 Å². The zero-order chi connectivity index (χ0) is 13.9. The number of halogens is 1. The van der Waals surface area contributed by atoms with Crippen LogP contribution in [0.5, 0.6) is 0 Å². The van der Waals surface area contributed by atoms with E-state index in [2.05, 4.69) is 56.1 Å². The Kier molecular flexibility index (Phi) is 4.53. The normalized spacial score (nSPS) is 12.0. The Hall–Kier alpha value is -0.993. The van der Waals surface area contributed by atoms with Crippen molar-refractivity contribution >= 4 is 24.0 Å². The Morgan fingerprint density at radius 2 is 2.21 bits per heavy atom. The van der Waals surface area contributed by atoms with Gasteiger partial charge in [-0.15, -0.1) is 5.10 Å². The number of ether oxygens (including phenoxy) is 1. The first kappa shape index (κ1) is 14.4. The van der Waals surface area contributed by atoms with Gasteiger partial charge >= 0.3 is 0 Å². The number of nitrogens with zero attached hydrogens (tertiary/aromatic N) is 4. The molecule has 2 aromatic rings. The fourth-order valence-electron chi connectivity index (χ4n) is 1.52. The van der Waals surface area contributed by atoms with Crippen LogP contribution in [0, 0.1) is 0 Å². The van der Waals surface area contributed by atoms with Crippen molar-refractivity contribution in [1.29, 1.82) is 0 Å². The Morgan fingerprint density at radius 1 is 1.42 bits per heavy atom. The van der Waals surface area contributed by atoms with Crippen LogP contribution in [-0.2, 0) is 11.5 Å². The van der Waals surface area contributed by atoms with Gasteiger partial charge in [0.2, 0.25) is 5.82 Å². The van der Waals surface area contributed by atoms with E-state index in [1.807, 2.05) is 12.3 Å². The van der Waals surface area contributed by atoms with Crippen molar-refractivity contribution in [3.63, 3.8) is 0 Å². The lowest BCUT2D eigenvalue weighted by Crippen LogP contribution is -2.22. The van der Waals surface area contributed by atoms with Gasteiger partial charge in [0.15, 0.2) is 0 Å². The molecule has 19 heavy (non-hydrogen) atoms. The Morgan fingerprint density at radius 3 is 2.84 bits per heavy atom. The summed E-state index contributed by atoms with van der Waals surface area (Å²) in [6.45, 7) is 8.11. The van der Waals surface area contributed by atoms with Gasteiger partial charge in [0.05, 0.1) is 5.69 Å². The van der Waals surface area contributed by atoms with Gasteiger partial charge in [-0.1, -0.05) is 19.6 Å². The first-order valence-electron chi connectivity index (χ1n) is 6.14. The van der Waals surface area contributed by atoms with Crippen LogP contribution >= 0.6 is 15.9 Å². The molecule has 0 aliphatic carbocycles. The zero-order valence-corrected chi connectivity index (χ0v) is 13.9. The van der Waals surface area contributed by atoms with Crippen molar-refractivity contribution in [2.45, 2.75) is 32.4 Å². The lowest BCUT2D eigenvalue weighted by molar-refractivity contribution is 0.0783. The number of H-pyrrole nitrogens is 1. The molecule has 0 atom stereocenters. The zero-order valence-electron chi connectivity index (χ0n) is 11.4. The van der Waals surface area contributed by atoms with Gasteiger partial charge in [-0.05, 0) is 38.5 Å². The first-order chi connectivity index (χ1) is 8.97. The predicted octanol–water partition coefficient (Wildman–Crippen LogP) is 2.74. The number of rotatable bonds is 6. The molecule has 104 valence electrons. The van der Waals surface area contributed by atoms with Gasteiger partial charge in [-0.2, -0.15) is 4.68 Å². The molecule has 8 heteroatoms. The van der Waals surface area contributed by atoms with Crippen molar-refractivity contribution in [3.05, 3.63) is 16.7 Å². The van der Waals surface area contributed by atoms with E-state index in [9.17, 15) is 0 Å². The molecule has 0 unspecified atom stereocenters. The molecular formula is C11H18BrN5OSi. The van der Waals surface area contributed by atoms with Gasteiger partial charge < -0.3 is 9.72 Å². The van der Waals surface area contributed by atoms with E-state index in [0.29, 0.717) is 12.6 Å². The van der Waals surface area contributed by atoms with E-state index in [-0.39, 0.29) is 0 Å². The molecular weight excluding hydrogens is 326 g/mol. The second-order valence-electron chi connectivity index (χ2n) is 5.55. The van der Waals surface area contributed by atoms with Crippen molar-refractivity contribution in [2.24, 2.45) is 0 Å². The molecule has 2 aromatic heterocycles. The minimum Gasteiger partial charge on any atom is -0.359 e. The summed E-state index contributed by atoms with van der Waals surface area (Å²) in [7, 11) is -1.05. The lowest BCUT2D eigenvalue weighted by Gasteiger charge is -2.15. The van der Waals surface area contributed by atoms with Crippen LogP contribution in [0.25, 0.3) is 11.5 Å². The minimum absolute atomic E-state index is 0.373. The molecule has 0 amide bonds. The number of hydrogen-bond acceptors (Lipinski definition) is 4. The van der Waals surface area contributed by atoms with E-state index in [1.54, 1.807) is 4.68 Å².